The lowest BCUT2D eigenvalue weighted by Gasteiger charge is -2.40. The number of piperidine rings is 1. The Morgan fingerprint density at radius 2 is 1.62 bits per heavy atom. The van der Waals surface area contributed by atoms with E-state index in [1.165, 1.54) is 30.2 Å². The maximum absolute atomic E-state index is 14.3. The van der Waals surface area contributed by atoms with E-state index in [1.54, 1.807) is 18.2 Å². The summed E-state index contributed by atoms with van der Waals surface area (Å²) in [5.74, 6) is -2.36. The van der Waals surface area contributed by atoms with Crippen LogP contribution in [-0.4, -0.2) is 43.6 Å². The van der Waals surface area contributed by atoms with Crippen LogP contribution in [0.15, 0.2) is 60.7 Å². The summed E-state index contributed by atoms with van der Waals surface area (Å²) in [5, 5.41) is 2.52. The van der Waals surface area contributed by atoms with E-state index in [9.17, 15) is 22.8 Å². The third-order valence-corrected chi connectivity index (χ3v) is 7.29. The number of halogens is 3. The van der Waals surface area contributed by atoms with Crippen LogP contribution < -0.4 is 10.2 Å². The van der Waals surface area contributed by atoms with Gasteiger partial charge in [-0.25, -0.2) is 22.8 Å². The molecule has 2 aliphatic rings. The molecule has 1 spiro atoms. The number of esters is 1. The molecule has 9 heteroatoms. The van der Waals surface area contributed by atoms with E-state index in [-0.39, 0.29) is 17.5 Å². The van der Waals surface area contributed by atoms with Crippen molar-refractivity contribution in [2.24, 2.45) is 0 Å². The summed E-state index contributed by atoms with van der Waals surface area (Å²) in [4.78, 5) is 28.6. The number of methoxy groups -OCH3 is 1. The number of anilines is 2. The number of rotatable bonds is 4. The molecule has 0 atom stereocenters. The summed E-state index contributed by atoms with van der Waals surface area (Å²) in [6.45, 7) is 2.50. The summed E-state index contributed by atoms with van der Waals surface area (Å²) < 4.78 is 46.5. The first kappa shape index (κ1) is 24.8. The number of hydrogen-bond donors (Lipinski definition) is 1. The van der Waals surface area contributed by atoms with Crippen LogP contribution in [0.4, 0.5) is 29.3 Å². The molecule has 0 radical (unpaired) electrons. The SMILES string of the molecule is COC(=O)c1ccc(CN2CCC3(CC2)CN(C(=O)Nc2ccc(F)cc2F)c2ccc(F)cc23)cc1. The van der Waals surface area contributed by atoms with Gasteiger partial charge in [0.1, 0.15) is 17.5 Å². The van der Waals surface area contributed by atoms with Crippen LogP contribution in [0.1, 0.15) is 34.3 Å². The number of ether oxygens (including phenoxy) is 1. The summed E-state index contributed by atoms with van der Waals surface area (Å²) in [5.41, 5.74) is 2.36. The van der Waals surface area contributed by atoms with Gasteiger partial charge in [0, 0.05) is 30.3 Å². The Morgan fingerprint density at radius 1 is 0.946 bits per heavy atom. The van der Waals surface area contributed by atoms with E-state index in [0.717, 1.165) is 30.3 Å². The van der Waals surface area contributed by atoms with Crippen molar-refractivity contribution in [1.82, 2.24) is 4.90 Å². The van der Waals surface area contributed by atoms with Crippen molar-refractivity contribution in [3.63, 3.8) is 0 Å². The van der Waals surface area contributed by atoms with E-state index in [0.29, 0.717) is 43.2 Å². The van der Waals surface area contributed by atoms with E-state index >= 15 is 0 Å². The van der Waals surface area contributed by atoms with Crippen molar-refractivity contribution in [1.29, 1.82) is 0 Å². The fourth-order valence-electron chi connectivity index (χ4n) is 5.29. The van der Waals surface area contributed by atoms with Gasteiger partial charge in [0.15, 0.2) is 0 Å². The number of benzene rings is 3. The largest absolute Gasteiger partial charge is 0.465 e. The van der Waals surface area contributed by atoms with Gasteiger partial charge in [-0.1, -0.05) is 12.1 Å². The normalized spacial score (nSPS) is 16.5. The molecule has 0 aromatic heterocycles. The van der Waals surface area contributed by atoms with E-state index < -0.39 is 23.1 Å². The molecule has 0 unspecified atom stereocenters. The highest BCUT2D eigenvalue weighted by atomic mass is 19.1. The van der Waals surface area contributed by atoms with Crippen LogP contribution in [0.3, 0.4) is 0 Å². The van der Waals surface area contributed by atoms with E-state index in [4.69, 9.17) is 4.74 Å². The first-order chi connectivity index (χ1) is 17.8. The Balaban J connectivity index is 1.30. The highest BCUT2D eigenvalue weighted by Crippen LogP contribution is 2.47. The fourth-order valence-corrected chi connectivity index (χ4v) is 5.29. The molecule has 1 fully saturated rings. The van der Waals surface area contributed by atoms with Crippen LogP contribution in [0.5, 0.6) is 0 Å². The molecule has 1 saturated heterocycles. The second kappa shape index (κ2) is 9.89. The smallest absolute Gasteiger partial charge is 0.337 e. The number of hydrogen-bond acceptors (Lipinski definition) is 4. The van der Waals surface area contributed by atoms with Crippen molar-refractivity contribution >= 4 is 23.4 Å². The summed E-state index contributed by atoms with van der Waals surface area (Å²) >= 11 is 0. The molecular formula is C28H26F3N3O3. The van der Waals surface area contributed by atoms with Gasteiger partial charge >= 0.3 is 12.0 Å². The topological polar surface area (TPSA) is 61.9 Å². The second-order valence-electron chi connectivity index (χ2n) is 9.55. The molecule has 37 heavy (non-hydrogen) atoms. The first-order valence-corrected chi connectivity index (χ1v) is 12.0. The molecule has 0 saturated carbocycles. The minimum absolute atomic E-state index is 0.121. The van der Waals surface area contributed by atoms with Gasteiger partial charge in [-0.05, 0) is 79.5 Å². The molecule has 2 heterocycles. The highest BCUT2D eigenvalue weighted by Gasteiger charge is 2.46. The maximum Gasteiger partial charge on any atom is 0.337 e. The maximum atomic E-state index is 14.3. The van der Waals surface area contributed by atoms with Gasteiger partial charge in [-0.2, -0.15) is 0 Å². The molecule has 2 aliphatic heterocycles. The molecular weight excluding hydrogens is 483 g/mol. The zero-order valence-corrected chi connectivity index (χ0v) is 20.3. The minimum atomic E-state index is -0.866. The van der Waals surface area contributed by atoms with Gasteiger partial charge in [-0.15, -0.1) is 0 Å². The van der Waals surface area contributed by atoms with Gasteiger partial charge in [0.2, 0.25) is 0 Å². The lowest BCUT2D eigenvalue weighted by molar-refractivity contribution is 0.0600. The number of carbonyl (C=O) groups excluding carboxylic acids is 2. The lowest BCUT2D eigenvalue weighted by Crippen LogP contribution is -2.46. The number of carbonyl (C=O) groups is 2. The van der Waals surface area contributed by atoms with Gasteiger partial charge in [0.05, 0.1) is 18.4 Å². The highest BCUT2D eigenvalue weighted by molar-refractivity contribution is 6.03. The van der Waals surface area contributed by atoms with Crippen LogP contribution in [0, 0.1) is 17.5 Å². The Bertz CT molecular complexity index is 1340. The molecule has 0 bridgehead atoms. The minimum Gasteiger partial charge on any atom is -0.465 e. The quantitative estimate of drug-likeness (QED) is 0.474. The van der Waals surface area contributed by atoms with Gasteiger partial charge < -0.3 is 10.1 Å². The molecule has 3 aromatic carbocycles. The number of nitrogens with zero attached hydrogens (tertiary/aromatic N) is 2. The van der Waals surface area contributed by atoms with Crippen LogP contribution in [0.2, 0.25) is 0 Å². The van der Waals surface area contributed by atoms with E-state index in [2.05, 4.69) is 10.2 Å². The predicted octanol–water partition coefficient (Wildman–Crippen LogP) is 5.48. The van der Waals surface area contributed by atoms with Crippen molar-refractivity contribution in [2.45, 2.75) is 24.8 Å². The summed E-state index contributed by atoms with van der Waals surface area (Å²) in [6, 6.07) is 14.1. The number of likely N-dealkylation sites (tertiary alicyclic amines) is 1. The number of urea groups is 1. The van der Waals surface area contributed by atoms with Crippen LogP contribution in [0.25, 0.3) is 0 Å². The first-order valence-electron chi connectivity index (χ1n) is 12.0. The van der Waals surface area contributed by atoms with Crippen molar-refractivity contribution in [2.75, 3.05) is 37.0 Å². The molecule has 2 amide bonds. The number of amides is 2. The van der Waals surface area contributed by atoms with Gasteiger partial charge in [-0.3, -0.25) is 9.80 Å². The Hall–Kier alpha value is -3.85. The van der Waals surface area contributed by atoms with Crippen LogP contribution in [-0.2, 0) is 16.7 Å². The zero-order valence-electron chi connectivity index (χ0n) is 20.3. The molecule has 6 nitrogen and oxygen atoms in total. The number of nitrogens with one attached hydrogen (secondary N) is 1. The fraction of sp³-hybridized carbons (Fsp3) is 0.286. The summed E-state index contributed by atoms with van der Waals surface area (Å²) in [6.07, 6.45) is 1.41. The van der Waals surface area contributed by atoms with Gasteiger partial charge in [0.25, 0.3) is 0 Å². The molecule has 5 rings (SSSR count). The Morgan fingerprint density at radius 3 is 2.30 bits per heavy atom. The predicted molar refractivity (Wildman–Crippen MR) is 133 cm³/mol. The molecule has 1 N–H and O–H groups in total. The Kier molecular flexibility index (Phi) is 6.64. The molecule has 3 aromatic rings. The third-order valence-electron chi connectivity index (χ3n) is 7.29. The zero-order chi connectivity index (χ0) is 26.2. The average molecular weight is 510 g/mol. The van der Waals surface area contributed by atoms with Crippen molar-refractivity contribution < 1.29 is 27.5 Å². The van der Waals surface area contributed by atoms with E-state index in [1.807, 2.05) is 12.1 Å². The third kappa shape index (κ3) is 4.91. The lowest BCUT2D eigenvalue weighted by atomic mass is 9.74. The standard InChI is InChI=1S/C28H26F3N3O3/c1-37-26(35)19-4-2-18(3-5-19)16-33-12-10-28(11-13-33)17-34(25-9-7-20(29)14-22(25)28)27(36)32-24-8-6-21(30)15-23(24)31/h2-9,14-15H,10-13,16-17H2,1H3,(H,32,36). The van der Waals surface area contributed by atoms with Crippen molar-refractivity contribution in [3.05, 3.63) is 94.8 Å². The Labute approximate surface area is 212 Å². The monoisotopic (exact) mass is 509 g/mol. The second-order valence-corrected chi connectivity index (χ2v) is 9.55. The molecule has 0 aliphatic carbocycles. The van der Waals surface area contributed by atoms with Crippen LogP contribution >= 0.6 is 0 Å². The summed E-state index contributed by atoms with van der Waals surface area (Å²) in [7, 11) is 1.35. The molecule has 192 valence electrons. The van der Waals surface area contributed by atoms with Crippen molar-refractivity contribution in [3.8, 4) is 0 Å². The number of fused-ring (bicyclic) bond motifs is 2. The average Bonchev–Trinajstić information content (AvgIpc) is 3.20.